The van der Waals surface area contributed by atoms with E-state index in [1.165, 1.54) is 0 Å². The molecule has 150 valence electrons. The van der Waals surface area contributed by atoms with Gasteiger partial charge in [-0.25, -0.2) is 0 Å². The smallest absolute Gasteiger partial charge is 0.231 e. The third-order valence-electron chi connectivity index (χ3n) is 5.49. The summed E-state index contributed by atoms with van der Waals surface area (Å²) in [7, 11) is 0. The lowest BCUT2D eigenvalue weighted by atomic mass is 9.97. The lowest BCUT2D eigenvalue weighted by Gasteiger charge is -2.32. The molecule has 0 unspecified atom stereocenters. The van der Waals surface area contributed by atoms with Crippen LogP contribution in [0.4, 0.5) is 11.6 Å². The Hall–Kier alpha value is -3.29. The number of aromatic nitrogens is 3. The summed E-state index contributed by atoms with van der Waals surface area (Å²) >= 11 is 0. The van der Waals surface area contributed by atoms with Gasteiger partial charge < -0.3 is 19.7 Å². The van der Waals surface area contributed by atoms with Crippen LogP contribution in [0.2, 0.25) is 0 Å². The van der Waals surface area contributed by atoms with Crippen LogP contribution in [0.1, 0.15) is 18.5 Å². The Balaban J connectivity index is 1.32. The molecule has 2 aromatic heterocycles. The maximum atomic E-state index is 12.9. The number of carbonyl (C=O) groups is 1. The molecule has 1 atom stereocenters. The Morgan fingerprint density at radius 3 is 2.90 bits per heavy atom. The lowest BCUT2D eigenvalue weighted by molar-refractivity contribution is -0.120. The molecule has 1 aromatic carbocycles. The highest BCUT2D eigenvalue weighted by molar-refractivity contribution is 5.93. The highest BCUT2D eigenvalue weighted by Gasteiger charge is 2.28. The monoisotopic (exact) mass is 393 g/mol. The molecule has 3 aromatic rings. The highest BCUT2D eigenvalue weighted by Crippen LogP contribution is 2.33. The molecule has 0 radical (unpaired) electrons. The average molecular weight is 393 g/mol. The predicted molar refractivity (Wildman–Crippen MR) is 109 cm³/mol. The molecule has 8 nitrogen and oxygen atoms in total. The highest BCUT2D eigenvalue weighted by atomic mass is 16.6. The second-order valence-electron chi connectivity index (χ2n) is 7.49. The largest absolute Gasteiger partial charge is 0.486 e. The molecule has 2 aliphatic heterocycles. The Morgan fingerprint density at radius 2 is 2.00 bits per heavy atom. The summed E-state index contributed by atoms with van der Waals surface area (Å²) < 4.78 is 13.2. The van der Waals surface area contributed by atoms with Gasteiger partial charge in [0.2, 0.25) is 11.9 Å². The number of anilines is 2. The van der Waals surface area contributed by atoms with E-state index in [2.05, 4.69) is 20.4 Å². The number of pyridine rings is 1. The number of nitrogens with one attached hydrogen (secondary N) is 1. The van der Waals surface area contributed by atoms with Crippen molar-refractivity contribution < 1.29 is 14.3 Å². The van der Waals surface area contributed by atoms with Crippen molar-refractivity contribution in [2.24, 2.45) is 5.92 Å². The van der Waals surface area contributed by atoms with Gasteiger partial charge in [0.1, 0.15) is 13.2 Å². The van der Waals surface area contributed by atoms with Crippen LogP contribution in [0.15, 0.2) is 36.4 Å². The standard InChI is InChI=1S/C21H23N5O3/c1-14-4-2-6-19-23-24-21(26(14)19)25-9-3-5-15(13-25)20(27)22-16-7-8-17-18(12-16)29-11-10-28-17/h2,4,6-8,12,15H,3,5,9-11,13H2,1H3,(H,22,27)/t15-/m1/s1. The van der Waals surface area contributed by atoms with Gasteiger partial charge in [-0.3, -0.25) is 9.20 Å². The fourth-order valence-electron chi connectivity index (χ4n) is 4.03. The molecule has 1 fully saturated rings. The van der Waals surface area contributed by atoms with E-state index in [0.717, 1.165) is 42.4 Å². The maximum absolute atomic E-state index is 12.9. The Morgan fingerprint density at radius 1 is 1.14 bits per heavy atom. The van der Waals surface area contributed by atoms with E-state index < -0.39 is 0 Å². The summed E-state index contributed by atoms with van der Waals surface area (Å²) in [5.74, 6) is 2.08. The molecule has 1 saturated heterocycles. The second-order valence-corrected chi connectivity index (χ2v) is 7.49. The van der Waals surface area contributed by atoms with Crippen molar-refractivity contribution in [3.8, 4) is 11.5 Å². The molecule has 29 heavy (non-hydrogen) atoms. The molecule has 2 aliphatic rings. The normalized spacial score (nSPS) is 18.7. The third-order valence-corrected chi connectivity index (χ3v) is 5.49. The summed E-state index contributed by atoms with van der Waals surface area (Å²) in [5.41, 5.74) is 2.62. The number of ether oxygens (including phenoxy) is 2. The summed E-state index contributed by atoms with van der Waals surface area (Å²) in [6.07, 6.45) is 1.78. The minimum Gasteiger partial charge on any atom is -0.486 e. The quantitative estimate of drug-likeness (QED) is 0.737. The molecular weight excluding hydrogens is 370 g/mol. The number of hydrogen-bond donors (Lipinski definition) is 1. The van der Waals surface area contributed by atoms with Gasteiger partial charge in [-0.2, -0.15) is 0 Å². The van der Waals surface area contributed by atoms with Crippen molar-refractivity contribution in [1.82, 2.24) is 14.6 Å². The number of benzene rings is 1. The van der Waals surface area contributed by atoms with Crippen LogP contribution in [0.5, 0.6) is 11.5 Å². The minimum atomic E-state index is -0.117. The summed E-state index contributed by atoms with van der Waals surface area (Å²) in [6.45, 7) is 4.59. The van der Waals surface area contributed by atoms with Gasteiger partial charge in [0.25, 0.3) is 0 Å². The summed E-state index contributed by atoms with van der Waals surface area (Å²) in [6, 6.07) is 11.5. The molecule has 1 amide bonds. The number of hydrogen-bond acceptors (Lipinski definition) is 6. The van der Waals surface area contributed by atoms with Crippen molar-refractivity contribution in [3.63, 3.8) is 0 Å². The van der Waals surface area contributed by atoms with Crippen LogP contribution in [0.25, 0.3) is 5.65 Å². The number of amides is 1. The van der Waals surface area contributed by atoms with Crippen molar-refractivity contribution >= 4 is 23.2 Å². The number of rotatable bonds is 3. The Kier molecular flexibility index (Phi) is 4.46. The summed E-state index contributed by atoms with van der Waals surface area (Å²) in [4.78, 5) is 15.1. The molecule has 0 bridgehead atoms. The van der Waals surface area contributed by atoms with Gasteiger partial charge in [-0.15, -0.1) is 10.2 Å². The van der Waals surface area contributed by atoms with Crippen molar-refractivity contribution in [1.29, 1.82) is 0 Å². The minimum absolute atomic E-state index is 0.0110. The van der Waals surface area contributed by atoms with Crippen LogP contribution in [0.3, 0.4) is 0 Å². The fraction of sp³-hybridized carbons (Fsp3) is 0.381. The van der Waals surface area contributed by atoms with Crippen LogP contribution in [0, 0.1) is 12.8 Å². The number of fused-ring (bicyclic) bond motifs is 2. The zero-order valence-electron chi connectivity index (χ0n) is 16.3. The van der Waals surface area contributed by atoms with E-state index in [4.69, 9.17) is 9.47 Å². The van der Waals surface area contributed by atoms with E-state index >= 15 is 0 Å². The maximum Gasteiger partial charge on any atom is 0.231 e. The molecule has 1 N–H and O–H groups in total. The first-order valence-electron chi connectivity index (χ1n) is 9.95. The zero-order valence-corrected chi connectivity index (χ0v) is 16.3. The molecule has 0 saturated carbocycles. The Bertz CT molecular complexity index is 1060. The van der Waals surface area contributed by atoms with Crippen LogP contribution < -0.4 is 19.7 Å². The zero-order chi connectivity index (χ0) is 19.8. The third kappa shape index (κ3) is 3.35. The van der Waals surface area contributed by atoms with E-state index in [-0.39, 0.29) is 11.8 Å². The van der Waals surface area contributed by atoms with Crippen molar-refractivity contribution in [2.45, 2.75) is 19.8 Å². The van der Waals surface area contributed by atoms with Gasteiger partial charge in [-0.1, -0.05) is 6.07 Å². The fourth-order valence-corrected chi connectivity index (χ4v) is 4.03. The van der Waals surface area contributed by atoms with Gasteiger partial charge in [0.15, 0.2) is 17.1 Å². The molecule has 0 spiro atoms. The second kappa shape index (κ2) is 7.27. The molecular formula is C21H23N5O3. The van der Waals surface area contributed by atoms with Crippen LogP contribution in [-0.4, -0.2) is 46.8 Å². The molecule has 8 heteroatoms. The van der Waals surface area contributed by atoms with Gasteiger partial charge in [-0.05, 0) is 44.0 Å². The van der Waals surface area contributed by atoms with E-state index in [9.17, 15) is 4.79 Å². The Labute approximate surface area is 168 Å². The SMILES string of the molecule is Cc1cccc2nnc(N3CCC[C@@H](C(=O)Nc4ccc5c(c4)OCCO5)C3)n12. The first-order valence-corrected chi connectivity index (χ1v) is 9.95. The number of carbonyl (C=O) groups excluding carboxylic acids is 1. The molecule has 5 rings (SSSR count). The first-order chi connectivity index (χ1) is 14.2. The van der Waals surface area contributed by atoms with Crippen LogP contribution in [-0.2, 0) is 4.79 Å². The van der Waals surface area contributed by atoms with Gasteiger partial charge in [0, 0.05) is 30.5 Å². The van der Waals surface area contributed by atoms with E-state index in [1.807, 2.05) is 47.7 Å². The topological polar surface area (TPSA) is 81.0 Å². The van der Waals surface area contributed by atoms with Crippen molar-refractivity contribution in [3.05, 3.63) is 42.1 Å². The number of piperidine rings is 1. The predicted octanol–water partition coefficient (Wildman–Crippen LogP) is 2.66. The van der Waals surface area contributed by atoms with Gasteiger partial charge in [0.05, 0.1) is 5.92 Å². The van der Waals surface area contributed by atoms with E-state index in [1.54, 1.807) is 0 Å². The van der Waals surface area contributed by atoms with Crippen molar-refractivity contribution in [2.75, 3.05) is 36.5 Å². The average Bonchev–Trinajstić information content (AvgIpc) is 3.19. The number of aryl methyl sites for hydroxylation is 1. The van der Waals surface area contributed by atoms with Gasteiger partial charge >= 0.3 is 0 Å². The lowest BCUT2D eigenvalue weighted by Crippen LogP contribution is -2.41. The molecule has 4 heterocycles. The number of nitrogens with zero attached hydrogens (tertiary/aromatic N) is 4. The first kappa shape index (κ1) is 17.8. The summed E-state index contributed by atoms with van der Waals surface area (Å²) in [5, 5.41) is 11.7. The van der Waals surface area contributed by atoms with Crippen LogP contribution >= 0.6 is 0 Å². The van der Waals surface area contributed by atoms with E-state index in [0.29, 0.717) is 31.3 Å². The molecule has 0 aliphatic carbocycles.